The van der Waals surface area contributed by atoms with Crippen LogP contribution in [0, 0.1) is 46.3 Å². The molecule has 5 rings (SSSR count). The number of amides is 3. The molecule has 10 heteroatoms. The van der Waals surface area contributed by atoms with E-state index < -0.39 is 23.4 Å². The quantitative estimate of drug-likeness (QED) is 0.130. The lowest BCUT2D eigenvalue weighted by molar-refractivity contribution is -0.153. The molecule has 1 saturated heterocycles. The van der Waals surface area contributed by atoms with Gasteiger partial charge in [-0.05, 0) is 133 Å². The Morgan fingerprint density at radius 1 is 0.737 bits per heavy atom. The number of fused-ring (bicyclic) bond motifs is 5. The number of ether oxygens (including phenoxy) is 3. The maximum atomic E-state index is 13.6. The second kappa shape index (κ2) is 18.2. The van der Waals surface area contributed by atoms with Crippen molar-refractivity contribution in [2.45, 2.75) is 177 Å². The number of carbonyl (C=O) groups is 4. The minimum atomic E-state index is -0.689. The fourth-order valence-electron chi connectivity index (χ4n) is 11.7. The number of hydrogen-bond donors (Lipinski definition) is 0. The van der Waals surface area contributed by atoms with Crippen LogP contribution in [0.1, 0.15) is 160 Å². The zero-order chi connectivity index (χ0) is 41.9. The Labute approximate surface area is 345 Å². The molecule has 324 valence electrons. The summed E-state index contributed by atoms with van der Waals surface area (Å²) < 4.78 is 17.4. The van der Waals surface area contributed by atoms with E-state index in [1.807, 2.05) is 41.5 Å². The normalized spacial score (nSPS) is 31.5. The molecule has 0 radical (unpaired) electrons. The second-order valence-electron chi connectivity index (χ2n) is 21.5. The van der Waals surface area contributed by atoms with Gasteiger partial charge in [0, 0.05) is 52.1 Å². The molecule has 0 aromatic heterocycles. The summed E-state index contributed by atoms with van der Waals surface area (Å²) in [6.07, 6.45) is 14.8. The first kappa shape index (κ1) is 45.3. The van der Waals surface area contributed by atoms with Crippen molar-refractivity contribution in [2.75, 3.05) is 39.3 Å². The molecular weight excluding hydrogens is 719 g/mol. The monoisotopic (exact) mass is 798 g/mol. The van der Waals surface area contributed by atoms with Gasteiger partial charge in [0.2, 0.25) is 5.91 Å². The summed E-state index contributed by atoms with van der Waals surface area (Å²) in [4.78, 5) is 57.8. The van der Waals surface area contributed by atoms with E-state index >= 15 is 0 Å². The third kappa shape index (κ3) is 11.3. The predicted octanol–water partition coefficient (Wildman–Crippen LogP) is 10.0. The van der Waals surface area contributed by atoms with E-state index in [0.29, 0.717) is 11.3 Å². The molecule has 0 bridgehead atoms. The maximum Gasteiger partial charge on any atom is 0.410 e. The lowest BCUT2D eigenvalue weighted by Gasteiger charge is -2.58. The van der Waals surface area contributed by atoms with Gasteiger partial charge < -0.3 is 28.9 Å². The van der Waals surface area contributed by atoms with Gasteiger partial charge in [0.1, 0.15) is 17.3 Å². The van der Waals surface area contributed by atoms with Crippen molar-refractivity contribution >= 4 is 24.1 Å². The fourth-order valence-corrected chi connectivity index (χ4v) is 11.7. The highest BCUT2D eigenvalue weighted by Gasteiger charge is 2.59. The number of nitrogens with zero attached hydrogens (tertiary/aromatic N) is 3. The van der Waals surface area contributed by atoms with Gasteiger partial charge in [0.15, 0.2) is 0 Å². The lowest BCUT2D eigenvalue weighted by Crippen LogP contribution is -2.51. The van der Waals surface area contributed by atoms with Crippen molar-refractivity contribution in [3.63, 3.8) is 0 Å². The van der Waals surface area contributed by atoms with Gasteiger partial charge >= 0.3 is 18.2 Å². The van der Waals surface area contributed by atoms with Crippen LogP contribution in [0.5, 0.6) is 0 Å². The SMILES string of the molecule is CC(C)CCCC(C)[C@H]1CC[C@H]2[C@@H]3CC=C4C[C@@H](OC(=O)CCC(=O)N5CCN(C(=O)OC(C)(C)C)CCN(C(=O)OC(C)(C)C)CC5)CC[C@]4(C)[C@H]3CC[C@]12C. The average molecular weight is 798 g/mol. The number of esters is 1. The van der Waals surface area contributed by atoms with E-state index in [4.69, 9.17) is 14.2 Å². The van der Waals surface area contributed by atoms with Gasteiger partial charge in [-0.25, -0.2) is 9.59 Å². The molecule has 0 spiro atoms. The van der Waals surface area contributed by atoms with Crippen molar-refractivity contribution in [1.82, 2.24) is 14.7 Å². The molecule has 0 aromatic rings. The Morgan fingerprint density at radius 2 is 1.32 bits per heavy atom. The van der Waals surface area contributed by atoms with Gasteiger partial charge in [-0.15, -0.1) is 0 Å². The first-order chi connectivity index (χ1) is 26.6. The Morgan fingerprint density at radius 3 is 1.88 bits per heavy atom. The minimum absolute atomic E-state index is 0.00424. The molecule has 4 fully saturated rings. The highest BCUT2D eigenvalue weighted by molar-refractivity contribution is 5.81. The molecule has 8 atom stereocenters. The third-order valence-electron chi connectivity index (χ3n) is 14.7. The van der Waals surface area contributed by atoms with Crippen LogP contribution < -0.4 is 0 Å². The molecule has 1 aliphatic heterocycles. The summed E-state index contributed by atoms with van der Waals surface area (Å²) in [6.45, 7) is 24.8. The predicted molar refractivity (Wildman–Crippen MR) is 224 cm³/mol. The van der Waals surface area contributed by atoms with E-state index in [1.165, 1.54) is 60.3 Å². The molecule has 57 heavy (non-hydrogen) atoms. The zero-order valence-electron chi connectivity index (χ0n) is 37.8. The standard InChI is InChI=1S/C47H79N3O7/c1-32(2)13-12-14-33(3)37-17-18-38-36-16-15-34-31-35(21-23-46(34,10)39(36)22-24-47(37,38)11)55-41(52)20-19-40(51)48-25-27-49(42(53)56-44(4,5)6)29-30-50(28-26-48)43(54)57-45(7,8)9/h15,32-33,35-39H,12-14,16-31H2,1-11H3/t33?,35-,36-,37+,38-,39-,46-,47+/m0/s1. The number of carbonyl (C=O) groups excluding carboxylic acids is 4. The Balaban J connectivity index is 1.15. The summed E-state index contributed by atoms with van der Waals surface area (Å²) >= 11 is 0. The average Bonchev–Trinajstić information content (AvgIpc) is 3.51. The molecular formula is C47H79N3O7. The van der Waals surface area contributed by atoms with Crippen LogP contribution in [0.2, 0.25) is 0 Å². The van der Waals surface area contributed by atoms with Crippen LogP contribution in [-0.2, 0) is 23.8 Å². The first-order valence-electron chi connectivity index (χ1n) is 22.7. The smallest absolute Gasteiger partial charge is 0.410 e. The van der Waals surface area contributed by atoms with E-state index in [2.05, 4.69) is 40.7 Å². The summed E-state index contributed by atoms with van der Waals surface area (Å²) in [5.41, 5.74) is 0.752. The van der Waals surface area contributed by atoms with Crippen molar-refractivity contribution in [2.24, 2.45) is 46.3 Å². The van der Waals surface area contributed by atoms with Gasteiger partial charge in [-0.1, -0.05) is 65.5 Å². The van der Waals surface area contributed by atoms with Crippen LogP contribution in [0.15, 0.2) is 11.6 Å². The molecule has 3 saturated carbocycles. The van der Waals surface area contributed by atoms with Crippen molar-refractivity contribution in [3.8, 4) is 0 Å². The van der Waals surface area contributed by atoms with Gasteiger partial charge in [-0.3, -0.25) is 9.59 Å². The number of rotatable bonds is 9. The van der Waals surface area contributed by atoms with Crippen LogP contribution >= 0.6 is 0 Å². The van der Waals surface area contributed by atoms with Crippen LogP contribution in [0.25, 0.3) is 0 Å². The van der Waals surface area contributed by atoms with Gasteiger partial charge in [-0.2, -0.15) is 0 Å². The van der Waals surface area contributed by atoms with Crippen LogP contribution in [0.3, 0.4) is 0 Å². The van der Waals surface area contributed by atoms with Crippen molar-refractivity contribution in [3.05, 3.63) is 11.6 Å². The third-order valence-corrected chi connectivity index (χ3v) is 14.7. The molecule has 3 amide bonds. The van der Waals surface area contributed by atoms with Crippen molar-refractivity contribution < 1.29 is 33.4 Å². The lowest BCUT2D eigenvalue weighted by atomic mass is 9.47. The van der Waals surface area contributed by atoms with E-state index in [1.54, 1.807) is 4.90 Å². The summed E-state index contributed by atoms with van der Waals surface area (Å²) in [7, 11) is 0. The van der Waals surface area contributed by atoms with E-state index in [-0.39, 0.29) is 75.5 Å². The molecule has 10 nitrogen and oxygen atoms in total. The maximum absolute atomic E-state index is 13.6. The molecule has 1 unspecified atom stereocenters. The molecule has 1 heterocycles. The zero-order valence-corrected chi connectivity index (χ0v) is 37.8. The van der Waals surface area contributed by atoms with Gasteiger partial charge in [0.25, 0.3) is 0 Å². The van der Waals surface area contributed by atoms with Crippen molar-refractivity contribution in [1.29, 1.82) is 0 Å². The highest BCUT2D eigenvalue weighted by atomic mass is 16.6. The first-order valence-corrected chi connectivity index (χ1v) is 22.7. The largest absolute Gasteiger partial charge is 0.462 e. The fraction of sp³-hybridized carbons (Fsp3) is 0.872. The number of allylic oxidation sites excluding steroid dienone is 1. The molecule has 0 aromatic carbocycles. The molecule has 4 aliphatic carbocycles. The summed E-state index contributed by atoms with van der Waals surface area (Å²) in [5, 5.41) is 0. The van der Waals surface area contributed by atoms with Crippen LogP contribution in [-0.4, -0.2) is 95.3 Å². The molecule has 0 N–H and O–H groups in total. The summed E-state index contributed by atoms with van der Waals surface area (Å²) in [5.74, 6) is 4.19. The summed E-state index contributed by atoms with van der Waals surface area (Å²) in [6, 6.07) is 0. The topological polar surface area (TPSA) is 106 Å². The Kier molecular flexibility index (Phi) is 14.5. The number of hydrogen-bond acceptors (Lipinski definition) is 7. The second-order valence-corrected chi connectivity index (χ2v) is 21.5. The highest BCUT2D eigenvalue weighted by Crippen LogP contribution is 2.67. The molecule has 5 aliphatic rings. The van der Waals surface area contributed by atoms with E-state index in [0.717, 1.165) is 55.3 Å². The Hall–Kier alpha value is -2.78. The minimum Gasteiger partial charge on any atom is -0.462 e. The van der Waals surface area contributed by atoms with E-state index in [9.17, 15) is 19.2 Å². The Bertz CT molecular complexity index is 1420. The van der Waals surface area contributed by atoms with Crippen LogP contribution in [0.4, 0.5) is 9.59 Å². The van der Waals surface area contributed by atoms with Gasteiger partial charge in [0.05, 0.1) is 6.42 Å².